The molecular formula is C25H25N3O. The lowest BCUT2D eigenvalue weighted by molar-refractivity contribution is 0.0796. The molecule has 0 unspecified atom stereocenters. The summed E-state index contributed by atoms with van der Waals surface area (Å²) in [7, 11) is 0. The molecule has 1 saturated carbocycles. The van der Waals surface area contributed by atoms with Crippen molar-refractivity contribution in [3.8, 4) is 11.1 Å². The summed E-state index contributed by atoms with van der Waals surface area (Å²) >= 11 is 0. The molecular weight excluding hydrogens is 358 g/mol. The van der Waals surface area contributed by atoms with Gasteiger partial charge in [0.05, 0.1) is 11.0 Å². The van der Waals surface area contributed by atoms with Crippen LogP contribution in [0.3, 0.4) is 0 Å². The van der Waals surface area contributed by atoms with Crippen molar-refractivity contribution < 1.29 is 5.11 Å². The van der Waals surface area contributed by atoms with E-state index in [0.29, 0.717) is 0 Å². The van der Waals surface area contributed by atoms with Crippen molar-refractivity contribution in [2.75, 3.05) is 0 Å². The number of benzene rings is 2. The topological polar surface area (TPSA) is 50.4 Å². The predicted molar refractivity (Wildman–Crippen MR) is 115 cm³/mol. The lowest BCUT2D eigenvalue weighted by Gasteiger charge is -2.19. The van der Waals surface area contributed by atoms with Crippen molar-refractivity contribution in [2.24, 2.45) is 0 Å². The van der Waals surface area contributed by atoms with Crippen molar-refractivity contribution >= 4 is 5.65 Å². The minimum Gasteiger partial charge on any atom is -0.386 e. The molecule has 0 bridgehead atoms. The van der Waals surface area contributed by atoms with Crippen LogP contribution >= 0.6 is 0 Å². The Balaban J connectivity index is 1.55. The second kappa shape index (κ2) is 6.26. The molecule has 1 aliphatic carbocycles. The van der Waals surface area contributed by atoms with E-state index in [1.165, 1.54) is 22.3 Å². The van der Waals surface area contributed by atoms with Crippen LogP contribution in [0, 0.1) is 6.92 Å². The highest BCUT2D eigenvalue weighted by atomic mass is 16.3. The first-order valence-electron chi connectivity index (χ1n) is 10.1. The molecule has 146 valence electrons. The van der Waals surface area contributed by atoms with Gasteiger partial charge in [0, 0.05) is 11.8 Å². The first-order valence-corrected chi connectivity index (χ1v) is 10.1. The highest BCUT2D eigenvalue weighted by molar-refractivity contribution is 5.65. The van der Waals surface area contributed by atoms with E-state index in [1.807, 2.05) is 22.7 Å². The van der Waals surface area contributed by atoms with Gasteiger partial charge in [0.25, 0.3) is 0 Å². The average Bonchev–Trinajstić information content (AvgIpc) is 3.40. The zero-order chi connectivity index (χ0) is 20.2. The monoisotopic (exact) mass is 383 g/mol. The van der Waals surface area contributed by atoms with Crippen LogP contribution in [0.5, 0.6) is 0 Å². The summed E-state index contributed by atoms with van der Waals surface area (Å²) in [4.78, 5) is 0. The molecule has 4 nitrogen and oxygen atoms in total. The van der Waals surface area contributed by atoms with Gasteiger partial charge in [-0.25, -0.2) is 0 Å². The zero-order valence-electron chi connectivity index (χ0n) is 17.1. The van der Waals surface area contributed by atoms with Gasteiger partial charge < -0.3 is 5.11 Å². The number of aliphatic hydroxyl groups is 1. The molecule has 1 N–H and O–H groups in total. The number of hydrogen-bond acceptors (Lipinski definition) is 3. The summed E-state index contributed by atoms with van der Waals surface area (Å²) in [5.41, 5.74) is 5.47. The number of fused-ring (bicyclic) bond motifs is 1. The third kappa shape index (κ3) is 2.95. The molecule has 2 aromatic heterocycles. The summed E-state index contributed by atoms with van der Waals surface area (Å²) < 4.78 is 2.05. The van der Waals surface area contributed by atoms with Crippen molar-refractivity contribution in [1.29, 1.82) is 0 Å². The number of nitrogens with zero attached hydrogens (tertiary/aromatic N) is 3. The molecule has 1 fully saturated rings. The molecule has 0 spiro atoms. The smallest absolute Gasteiger partial charge is 0.166 e. The summed E-state index contributed by atoms with van der Waals surface area (Å²) in [5, 5.41) is 19.5. The fraction of sp³-hybridized carbons (Fsp3) is 0.280. The van der Waals surface area contributed by atoms with Crippen LogP contribution in [0.2, 0.25) is 0 Å². The largest absolute Gasteiger partial charge is 0.386 e. The lowest BCUT2D eigenvalue weighted by Crippen LogP contribution is -2.18. The fourth-order valence-electron chi connectivity index (χ4n) is 4.21. The van der Waals surface area contributed by atoms with Gasteiger partial charge in [-0.2, -0.15) is 0 Å². The maximum Gasteiger partial charge on any atom is 0.166 e. The molecule has 0 saturated heterocycles. The van der Waals surface area contributed by atoms with Crippen LogP contribution in [0.25, 0.3) is 16.8 Å². The zero-order valence-corrected chi connectivity index (χ0v) is 17.1. The van der Waals surface area contributed by atoms with Gasteiger partial charge in [-0.1, -0.05) is 60.2 Å². The van der Waals surface area contributed by atoms with Gasteiger partial charge >= 0.3 is 0 Å². The minimum absolute atomic E-state index is 0.0938. The summed E-state index contributed by atoms with van der Waals surface area (Å²) in [6.45, 7) is 5.68. The van der Waals surface area contributed by atoms with Gasteiger partial charge in [0.2, 0.25) is 0 Å². The van der Waals surface area contributed by atoms with Crippen molar-refractivity contribution in [1.82, 2.24) is 14.6 Å². The second-order valence-electron chi connectivity index (χ2n) is 8.72. The van der Waals surface area contributed by atoms with E-state index in [1.54, 1.807) is 13.8 Å². The van der Waals surface area contributed by atoms with E-state index in [9.17, 15) is 5.11 Å². The molecule has 5 rings (SSSR count). The molecule has 0 radical (unpaired) electrons. The number of hydrogen-bond donors (Lipinski definition) is 1. The van der Waals surface area contributed by atoms with Crippen LogP contribution in [-0.2, 0) is 11.0 Å². The van der Waals surface area contributed by atoms with Crippen LogP contribution in [-0.4, -0.2) is 19.7 Å². The molecule has 4 heteroatoms. The van der Waals surface area contributed by atoms with Gasteiger partial charge in [0.1, 0.15) is 5.82 Å². The van der Waals surface area contributed by atoms with Crippen molar-refractivity contribution in [2.45, 2.75) is 44.6 Å². The van der Waals surface area contributed by atoms with Crippen LogP contribution in [0.1, 0.15) is 49.2 Å². The van der Waals surface area contributed by atoms with Gasteiger partial charge in [-0.3, -0.25) is 4.40 Å². The van der Waals surface area contributed by atoms with E-state index in [4.69, 9.17) is 0 Å². The Morgan fingerprint density at radius 3 is 2.10 bits per heavy atom. The summed E-state index contributed by atoms with van der Waals surface area (Å²) in [6.07, 6.45) is 4.12. The lowest BCUT2D eigenvalue weighted by atomic mass is 9.92. The highest BCUT2D eigenvalue weighted by Crippen LogP contribution is 2.53. The Hall–Kier alpha value is -2.98. The Labute approximate surface area is 170 Å². The highest BCUT2D eigenvalue weighted by Gasteiger charge is 2.49. The third-order valence-corrected chi connectivity index (χ3v) is 6.09. The molecule has 0 aliphatic heterocycles. The molecule has 0 atom stereocenters. The SMILES string of the molecule is Cc1ccc(-c2ccc(C3(c4nnc5c(C(C)(C)O)cccn45)CC3)cc2)cc1. The van der Waals surface area contributed by atoms with Crippen LogP contribution in [0.4, 0.5) is 0 Å². The van der Waals surface area contributed by atoms with E-state index < -0.39 is 5.60 Å². The number of aromatic nitrogens is 3. The number of pyridine rings is 1. The van der Waals surface area contributed by atoms with Gasteiger partial charge in [-0.15, -0.1) is 10.2 Å². The van der Waals surface area contributed by atoms with E-state index in [2.05, 4.69) is 65.7 Å². The summed E-state index contributed by atoms with van der Waals surface area (Å²) in [6, 6.07) is 21.4. The second-order valence-corrected chi connectivity index (χ2v) is 8.72. The quantitative estimate of drug-likeness (QED) is 0.539. The van der Waals surface area contributed by atoms with Crippen molar-refractivity contribution in [3.63, 3.8) is 0 Å². The fourth-order valence-corrected chi connectivity index (χ4v) is 4.21. The third-order valence-electron chi connectivity index (χ3n) is 6.09. The normalized spacial score (nSPS) is 15.6. The maximum absolute atomic E-state index is 10.5. The molecule has 2 aromatic carbocycles. The molecule has 2 heterocycles. The number of aryl methyl sites for hydroxylation is 1. The standard InChI is InChI=1S/C25H25N3O/c1-17-6-8-18(9-7-17)19-10-12-20(13-11-19)25(14-15-25)23-27-26-22-21(24(2,3)29)5-4-16-28(22)23/h4-13,16,29H,14-15H2,1-3H3. The predicted octanol–water partition coefficient (Wildman–Crippen LogP) is 5.01. The Bertz CT molecular complexity index is 1180. The first-order chi connectivity index (χ1) is 13.9. The van der Waals surface area contributed by atoms with Crippen LogP contribution in [0.15, 0.2) is 66.9 Å². The van der Waals surface area contributed by atoms with E-state index in [0.717, 1.165) is 29.9 Å². The molecule has 29 heavy (non-hydrogen) atoms. The molecule has 1 aliphatic rings. The molecule has 0 amide bonds. The Morgan fingerprint density at radius 2 is 1.52 bits per heavy atom. The van der Waals surface area contributed by atoms with Crippen molar-refractivity contribution in [3.05, 3.63) is 89.4 Å². The number of rotatable bonds is 4. The molecule has 4 aromatic rings. The van der Waals surface area contributed by atoms with Gasteiger partial charge in [0.15, 0.2) is 5.65 Å². The first kappa shape index (κ1) is 18.1. The van der Waals surface area contributed by atoms with Crippen LogP contribution < -0.4 is 0 Å². The summed E-state index contributed by atoms with van der Waals surface area (Å²) in [5.74, 6) is 0.960. The van der Waals surface area contributed by atoms with Gasteiger partial charge in [-0.05, 0) is 56.4 Å². The Kier molecular flexibility index (Phi) is 3.90. The van der Waals surface area contributed by atoms with E-state index in [-0.39, 0.29) is 5.41 Å². The minimum atomic E-state index is -0.959. The van der Waals surface area contributed by atoms with E-state index >= 15 is 0 Å². The maximum atomic E-state index is 10.5. The Morgan fingerprint density at radius 1 is 0.897 bits per heavy atom. The average molecular weight is 383 g/mol.